The second-order valence-electron chi connectivity index (χ2n) is 9.30. The molecule has 0 aromatic rings. The molecule has 0 radical (unpaired) electrons. The van der Waals surface area contributed by atoms with Crippen LogP contribution in [0, 0.1) is 23.7 Å². The number of unbranched alkanes of at least 4 members (excludes halogenated alkanes) is 2. The molecule has 1 N–H and O–H groups in total. The number of esters is 1. The summed E-state index contributed by atoms with van der Waals surface area (Å²) >= 11 is 0. The zero-order valence-corrected chi connectivity index (χ0v) is 18.8. The Morgan fingerprint density at radius 3 is 2.07 bits per heavy atom. The first-order valence-corrected chi connectivity index (χ1v) is 11.8. The molecule has 0 saturated heterocycles. The van der Waals surface area contributed by atoms with Crippen LogP contribution >= 0.6 is 0 Å². The Morgan fingerprint density at radius 1 is 0.893 bits per heavy atom. The van der Waals surface area contributed by atoms with E-state index in [9.17, 15) is 9.59 Å². The van der Waals surface area contributed by atoms with Gasteiger partial charge in [-0.1, -0.05) is 66.2 Å². The molecule has 0 spiro atoms. The Balaban J connectivity index is 2.61. The topological polar surface area (TPSA) is 63.6 Å². The lowest BCUT2D eigenvalue weighted by molar-refractivity contribution is -0.158. The van der Waals surface area contributed by atoms with E-state index < -0.39 is 5.97 Å². The number of ether oxygens (including phenoxy) is 1. The molecule has 0 amide bonds. The van der Waals surface area contributed by atoms with Crippen LogP contribution in [0.3, 0.4) is 0 Å². The first kappa shape index (κ1) is 25.0. The molecule has 4 heteroatoms. The standard InChI is InChI=1S/C24H44O4/c1-5-7-8-10-19(9-6-2)17-22(16-11-18(3)4)28-24(27)21-14-12-20(13-15-21)23(25)26/h18-22H,5-17H2,1-4H3,(H,25,26). The number of aliphatic carboxylic acids is 1. The van der Waals surface area contributed by atoms with Gasteiger partial charge in [0.2, 0.25) is 0 Å². The molecular formula is C24H44O4. The van der Waals surface area contributed by atoms with Crippen LogP contribution in [0.25, 0.3) is 0 Å². The van der Waals surface area contributed by atoms with Crippen LogP contribution in [0.2, 0.25) is 0 Å². The van der Waals surface area contributed by atoms with Gasteiger partial charge in [0.15, 0.2) is 0 Å². The first-order chi connectivity index (χ1) is 13.4. The second kappa shape index (κ2) is 14.0. The van der Waals surface area contributed by atoms with Crippen molar-refractivity contribution in [1.82, 2.24) is 0 Å². The van der Waals surface area contributed by atoms with Gasteiger partial charge in [0.1, 0.15) is 6.10 Å². The smallest absolute Gasteiger partial charge is 0.309 e. The third-order valence-electron chi connectivity index (χ3n) is 6.27. The molecule has 2 unspecified atom stereocenters. The lowest BCUT2D eigenvalue weighted by atomic mass is 9.82. The fraction of sp³-hybridized carbons (Fsp3) is 0.917. The normalized spacial score (nSPS) is 22.0. The number of rotatable bonds is 14. The van der Waals surface area contributed by atoms with Crippen LogP contribution in [-0.4, -0.2) is 23.1 Å². The summed E-state index contributed by atoms with van der Waals surface area (Å²) in [6, 6.07) is 0. The summed E-state index contributed by atoms with van der Waals surface area (Å²) in [6.07, 6.45) is 13.0. The molecule has 1 saturated carbocycles. The van der Waals surface area contributed by atoms with E-state index in [0.717, 1.165) is 19.3 Å². The van der Waals surface area contributed by atoms with Gasteiger partial charge in [-0.25, -0.2) is 0 Å². The summed E-state index contributed by atoms with van der Waals surface area (Å²) < 4.78 is 6.03. The monoisotopic (exact) mass is 396 g/mol. The van der Waals surface area contributed by atoms with E-state index in [1.807, 2.05) is 0 Å². The van der Waals surface area contributed by atoms with Crippen molar-refractivity contribution < 1.29 is 19.4 Å². The van der Waals surface area contributed by atoms with E-state index in [2.05, 4.69) is 27.7 Å². The number of hydrogen-bond donors (Lipinski definition) is 1. The van der Waals surface area contributed by atoms with Crippen molar-refractivity contribution >= 4 is 11.9 Å². The minimum absolute atomic E-state index is 0.0188. The fourth-order valence-corrected chi connectivity index (χ4v) is 4.42. The van der Waals surface area contributed by atoms with Gasteiger partial charge in [-0.15, -0.1) is 0 Å². The minimum Gasteiger partial charge on any atom is -0.481 e. The largest absolute Gasteiger partial charge is 0.481 e. The predicted molar refractivity (Wildman–Crippen MR) is 114 cm³/mol. The fourth-order valence-electron chi connectivity index (χ4n) is 4.42. The third-order valence-corrected chi connectivity index (χ3v) is 6.27. The van der Waals surface area contributed by atoms with E-state index in [4.69, 9.17) is 9.84 Å². The average molecular weight is 397 g/mol. The van der Waals surface area contributed by atoms with Crippen molar-refractivity contribution in [2.75, 3.05) is 0 Å². The van der Waals surface area contributed by atoms with Crippen LogP contribution in [0.5, 0.6) is 0 Å². The van der Waals surface area contributed by atoms with Crippen molar-refractivity contribution in [2.24, 2.45) is 23.7 Å². The predicted octanol–water partition coefficient (Wildman–Crippen LogP) is 6.61. The van der Waals surface area contributed by atoms with Gasteiger partial charge in [0, 0.05) is 0 Å². The zero-order chi connectivity index (χ0) is 20.9. The van der Waals surface area contributed by atoms with Crippen LogP contribution in [0.15, 0.2) is 0 Å². The van der Waals surface area contributed by atoms with Gasteiger partial charge in [-0.2, -0.15) is 0 Å². The second-order valence-corrected chi connectivity index (χ2v) is 9.30. The number of carboxylic acids is 1. The molecule has 0 bridgehead atoms. The SMILES string of the molecule is CCCCCC(CCC)CC(CCC(C)C)OC(=O)C1CCC(C(=O)O)CC1. The molecule has 28 heavy (non-hydrogen) atoms. The maximum absolute atomic E-state index is 12.8. The Kier molecular flexibility index (Phi) is 12.5. The van der Waals surface area contributed by atoms with Crippen molar-refractivity contribution in [2.45, 2.75) is 117 Å². The molecular weight excluding hydrogens is 352 g/mol. The van der Waals surface area contributed by atoms with Crippen molar-refractivity contribution in [3.05, 3.63) is 0 Å². The van der Waals surface area contributed by atoms with Gasteiger partial charge < -0.3 is 9.84 Å². The quantitative estimate of drug-likeness (QED) is 0.265. The maximum atomic E-state index is 12.8. The molecule has 0 heterocycles. The molecule has 0 aromatic heterocycles. The summed E-state index contributed by atoms with van der Waals surface area (Å²) in [5.41, 5.74) is 0. The van der Waals surface area contributed by atoms with Gasteiger partial charge in [-0.3, -0.25) is 9.59 Å². The van der Waals surface area contributed by atoms with Crippen LogP contribution in [0.4, 0.5) is 0 Å². The Morgan fingerprint density at radius 2 is 1.54 bits per heavy atom. The molecule has 2 atom stereocenters. The van der Waals surface area contributed by atoms with Crippen LogP contribution < -0.4 is 0 Å². The maximum Gasteiger partial charge on any atom is 0.309 e. The summed E-state index contributed by atoms with van der Waals surface area (Å²) in [7, 11) is 0. The third kappa shape index (κ3) is 9.93. The summed E-state index contributed by atoms with van der Waals surface area (Å²) in [5, 5.41) is 9.15. The number of hydrogen-bond acceptors (Lipinski definition) is 3. The molecule has 1 aliphatic rings. The Hall–Kier alpha value is -1.06. The Bertz CT molecular complexity index is 438. The highest BCUT2D eigenvalue weighted by Gasteiger charge is 2.32. The van der Waals surface area contributed by atoms with E-state index >= 15 is 0 Å². The van der Waals surface area contributed by atoms with E-state index in [-0.39, 0.29) is 23.9 Å². The summed E-state index contributed by atoms with van der Waals surface area (Å²) in [6.45, 7) is 8.91. The number of carboxylic acid groups (broad SMARTS) is 1. The van der Waals surface area contributed by atoms with Crippen molar-refractivity contribution in [3.63, 3.8) is 0 Å². The van der Waals surface area contributed by atoms with E-state index in [0.29, 0.717) is 37.5 Å². The van der Waals surface area contributed by atoms with E-state index in [1.54, 1.807) is 0 Å². The van der Waals surface area contributed by atoms with Crippen LogP contribution in [-0.2, 0) is 14.3 Å². The molecule has 0 aromatic carbocycles. The van der Waals surface area contributed by atoms with Crippen molar-refractivity contribution in [3.8, 4) is 0 Å². The number of carbonyl (C=O) groups is 2. The molecule has 164 valence electrons. The first-order valence-electron chi connectivity index (χ1n) is 11.8. The molecule has 4 nitrogen and oxygen atoms in total. The van der Waals surface area contributed by atoms with Gasteiger partial charge in [-0.05, 0) is 56.8 Å². The zero-order valence-electron chi connectivity index (χ0n) is 18.8. The van der Waals surface area contributed by atoms with Gasteiger partial charge in [0.25, 0.3) is 0 Å². The molecule has 0 aliphatic heterocycles. The number of carbonyl (C=O) groups excluding carboxylic acids is 1. The lowest BCUT2D eigenvalue weighted by Gasteiger charge is -2.29. The lowest BCUT2D eigenvalue weighted by Crippen LogP contribution is -2.30. The highest BCUT2D eigenvalue weighted by Crippen LogP contribution is 2.31. The summed E-state index contributed by atoms with van der Waals surface area (Å²) in [4.78, 5) is 23.9. The molecule has 1 aliphatic carbocycles. The van der Waals surface area contributed by atoms with Crippen LogP contribution in [0.1, 0.15) is 111 Å². The highest BCUT2D eigenvalue weighted by molar-refractivity contribution is 5.74. The molecule has 1 rings (SSSR count). The highest BCUT2D eigenvalue weighted by atomic mass is 16.5. The van der Waals surface area contributed by atoms with Crippen molar-refractivity contribution in [1.29, 1.82) is 0 Å². The van der Waals surface area contributed by atoms with E-state index in [1.165, 1.54) is 38.5 Å². The summed E-state index contributed by atoms with van der Waals surface area (Å²) in [5.74, 6) is 0.0499. The molecule has 1 fully saturated rings. The Labute approximate surface area is 172 Å². The average Bonchev–Trinajstić information content (AvgIpc) is 2.66. The van der Waals surface area contributed by atoms with Gasteiger partial charge >= 0.3 is 11.9 Å². The minimum atomic E-state index is -0.726. The van der Waals surface area contributed by atoms with Gasteiger partial charge in [0.05, 0.1) is 11.8 Å².